The number of nitrogens with two attached hydrogens (primary N) is 1. The van der Waals surface area contributed by atoms with E-state index < -0.39 is 0 Å². The molecule has 17 heavy (non-hydrogen) atoms. The van der Waals surface area contributed by atoms with Gasteiger partial charge in [-0.2, -0.15) is 0 Å². The molecule has 0 bridgehead atoms. The molecule has 3 nitrogen and oxygen atoms in total. The van der Waals surface area contributed by atoms with Crippen LogP contribution < -0.4 is 11.1 Å². The summed E-state index contributed by atoms with van der Waals surface area (Å²) >= 11 is 0. The quantitative estimate of drug-likeness (QED) is 0.709. The van der Waals surface area contributed by atoms with Crippen molar-refractivity contribution in [2.75, 3.05) is 26.2 Å². The first kappa shape index (κ1) is 13.3. The summed E-state index contributed by atoms with van der Waals surface area (Å²) in [7, 11) is 0. The largest absolute Gasteiger partial charge is 0.328 e. The average Bonchev–Trinajstić information content (AvgIpc) is 3.14. The number of likely N-dealkylation sites (N-methyl/N-ethyl adjacent to an activating group) is 1. The molecule has 100 valence electrons. The molecule has 3 N–H and O–H groups in total. The first-order valence-corrected chi connectivity index (χ1v) is 7.49. The van der Waals surface area contributed by atoms with Gasteiger partial charge in [-0.25, -0.2) is 0 Å². The zero-order chi connectivity index (χ0) is 12.1. The molecule has 2 aliphatic carbocycles. The first-order valence-electron chi connectivity index (χ1n) is 7.49. The Bertz CT molecular complexity index is 208. The molecular weight excluding hydrogens is 210 g/mol. The normalized spacial score (nSPS) is 29.8. The monoisotopic (exact) mass is 239 g/mol. The lowest BCUT2D eigenvalue weighted by atomic mass is 9.92. The van der Waals surface area contributed by atoms with Crippen molar-refractivity contribution in [2.24, 2.45) is 11.7 Å². The molecule has 2 saturated carbocycles. The molecule has 0 aromatic carbocycles. The third-order valence-electron chi connectivity index (χ3n) is 4.29. The molecule has 0 amide bonds. The van der Waals surface area contributed by atoms with Gasteiger partial charge in [-0.1, -0.05) is 6.92 Å². The highest BCUT2D eigenvalue weighted by Gasteiger charge is 2.23. The van der Waals surface area contributed by atoms with Crippen LogP contribution in [0.1, 0.15) is 45.4 Å². The maximum absolute atomic E-state index is 5.92. The van der Waals surface area contributed by atoms with E-state index in [0.29, 0.717) is 6.04 Å². The molecule has 2 rings (SSSR count). The number of nitrogens with zero attached hydrogens (tertiary/aromatic N) is 1. The van der Waals surface area contributed by atoms with E-state index in [1.165, 1.54) is 58.2 Å². The summed E-state index contributed by atoms with van der Waals surface area (Å²) in [6, 6.07) is 1.20. The van der Waals surface area contributed by atoms with Crippen molar-refractivity contribution in [2.45, 2.75) is 57.5 Å². The van der Waals surface area contributed by atoms with E-state index in [4.69, 9.17) is 5.73 Å². The molecule has 0 saturated heterocycles. The lowest BCUT2D eigenvalue weighted by Crippen LogP contribution is -2.41. The van der Waals surface area contributed by atoms with Crippen molar-refractivity contribution in [3.05, 3.63) is 0 Å². The van der Waals surface area contributed by atoms with Crippen molar-refractivity contribution < 1.29 is 0 Å². The molecule has 0 aromatic rings. The van der Waals surface area contributed by atoms with Gasteiger partial charge in [0, 0.05) is 31.7 Å². The molecule has 0 spiro atoms. The van der Waals surface area contributed by atoms with E-state index in [0.717, 1.165) is 18.5 Å². The van der Waals surface area contributed by atoms with Gasteiger partial charge >= 0.3 is 0 Å². The second kappa shape index (κ2) is 6.72. The van der Waals surface area contributed by atoms with Gasteiger partial charge in [0.05, 0.1) is 0 Å². The van der Waals surface area contributed by atoms with Crippen LogP contribution in [0.25, 0.3) is 0 Å². The highest BCUT2D eigenvalue weighted by atomic mass is 15.1. The van der Waals surface area contributed by atoms with E-state index in [-0.39, 0.29) is 0 Å². The second-order valence-electron chi connectivity index (χ2n) is 5.90. The maximum Gasteiger partial charge on any atom is 0.0107 e. The molecule has 0 radical (unpaired) electrons. The Hall–Kier alpha value is -0.120. The second-order valence-corrected chi connectivity index (χ2v) is 5.90. The minimum Gasteiger partial charge on any atom is -0.328 e. The summed E-state index contributed by atoms with van der Waals surface area (Å²) in [4.78, 5) is 2.60. The summed E-state index contributed by atoms with van der Waals surface area (Å²) in [5.74, 6) is 1.02. The summed E-state index contributed by atoms with van der Waals surface area (Å²) in [5, 5.41) is 3.70. The zero-order valence-electron chi connectivity index (χ0n) is 11.3. The number of hydrogen-bond acceptors (Lipinski definition) is 3. The summed E-state index contributed by atoms with van der Waals surface area (Å²) in [5.41, 5.74) is 5.92. The Labute approximate surface area is 106 Å². The van der Waals surface area contributed by atoms with Gasteiger partial charge in [0.25, 0.3) is 0 Å². The molecule has 0 heterocycles. The molecule has 3 heteroatoms. The van der Waals surface area contributed by atoms with E-state index in [2.05, 4.69) is 17.1 Å². The molecule has 2 fully saturated rings. The minimum atomic E-state index is 0.468. The lowest BCUT2D eigenvalue weighted by Gasteiger charge is -2.28. The van der Waals surface area contributed by atoms with Crippen LogP contribution in [0.2, 0.25) is 0 Å². The fraction of sp³-hybridized carbons (Fsp3) is 1.00. The Morgan fingerprint density at radius 3 is 2.41 bits per heavy atom. The van der Waals surface area contributed by atoms with Crippen LogP contribution in [0, 0.1) is 5.92 Å². The van der Waals surface area contributed by atoms with Crippen LogP contribution in [0.4, 0.5) is 0 Å². The van der Waals surface area contributed by atoms with Crippen molar-refractivity contribution in [3.8, 4) is 0 Å². The van der Waals surface area contributed by atoms with Crippen LogP contribution in [-0.4, -0.2) is 43.2 Å². The molecule has 0 atom stereocenters. The Balaban J connectivity index is 1.54. The molecule has 0 unspecified atom stereocenters. The highest BCUT2D eigenvalue weighted by Crippen LogP contribution is 2.29. The maximum atomic E-state index is 5.92. The van der Waals surface area contributed by atoms with Crippen LogP contribution in [-0.2, 0) is 0 Å². The number of nitrogens with one attached hydrogen (secondary N) is 1. The molecular formula is C14H29N3. The van der Waals surface area contributed by atoms with Crippen molar-refractivity contribution >= 4 is 0 Å². The van der Waals surface area contributed by atoms with Gasteiger partial charge in [0.1, 0.15) is 0 Å². The Morgan fingerprint density at radius 1 is 1.12 bits per heavy atom. The smallest absolute Gasteiger partial charge is 0.0107 e. The summed E-state index contributed by atoms with van der Waals surface area (Å²) < 4.78 is 0. The number of hydrogen-bond donors (Lipinski definition) is 2. The number of rotatable bonds is 7. The van der Waals surface area contributed by atoms with E-state index in [1.54, 1.807) is 0 Å². The summed E-state index contributed by atoms with van der Waals surface area (Å²) in [6.07, 6.45) is 7.88. The van der Waals surface area contributed by atoms with E-state index >= 15 is 0 Å². The van der Waals surface area contributed by atoms with Gasteiger partial charge < -0.3 is 16.0 Å². The first-order chi connectivity index (χ1) is 8.28. The Kier molecular flexibility index (Phi) is 5.26. The van der Waals surface area contributed by atoms with Crippen LogP contribution in [0.3, 0.4) is 0 Å². The molecule has 0 aromatic heterocycles. The fourth-order valence-corrected chi connectivity index (χ4v) is 2.79. The van der Waals surface area contributed by atoms with Crippen LogP contribution in [0.15, 0.2) is 0 Å². The highest BCUT2D eigenvalue weighted by molar-refractivity contribution is 4.80. The van der Waals surface area contributed by atoms with E-state index in [9.17, 15) is 0 Å². The molecule has 0 aliphatic heterocycles. The van der Waals surface area contributed by atoms with E-state index in [1.807, 2.05) is 0 Å². The van der Waals surface area contributed by atoms with Gasteiger partial charge in [0.15, 0.2) is 0 Å². The fourth-order valence-electron chi connectivity index (χ4n) is 2.79. The summed E-state index contributed by atoms with van der Waals surface area (Å²) in [6.45, 7) is 7.18. The van der Waals surface area contributed by atoms with Crippen molar-refractivity contribution in [1.29, 1.82) is 0 Å². The zero-order valence-corrected chi connectivity index (χ0v) is 11.3. The van der Waals surface area contributed by atoms with Gasteiger partial charge in [-0.3, -0.25) is 0 Å². The van der Waals surface area contributed by atoms with Gasteiger partial charge in [-0.15, -0.1) is 0 Å². The Morgan fingerprint density at radius 2 is 1.82 bits per heavy atom. The third kappa shape index (κ3) is 4.94. The third-order valence-corrected chi connectivity index (χ3v) is 4.29. The minimum absolute atomic E-state index is 0.468. The topological polar surface area (TPSA) is 41.3 Å². The van der Waals surface area contributed by atoms with Gasteiger partial charge in [-0.05, 0) is 51.0 Å². The van der Waals surface area contributed by atoms with Crippen LogP contribution in [0.5, 0.6) is 0 Å². The van der Waals surface area contributed by atoms with Crippen LogP contribution >= 0.6 is 0 Å². The molecule has 2 aliphatic rings. The van der Waals surface area contributed by atoms with Crippen molar-refractivity contribution in [3.63, 3.8) is 0 Å². The predicted octanol–water partition coefficient (Wildman–Crippen LogP) is 1.58. The lowest BCUT2D eigenvalue weighted by molar-refractivity contribution is 0.261. The van der Waals surface area contributed by atoms with Crippen molar-refractivity contribution in [1.82, 2.24) is 10.2 Å². The SMILES string of the molecule is CCN(CCNC1CCC(N)CC1)CC1CC1. The standard InChI is InChI=1S/C14H29N3/c1-2-17(11-12-3-4-12)10-9-16-14-7-5-13(15)6-8-14/h12-14,16H,2-11,15H2,1H3. The predicted molar refractivity (Wildman–Crippen MR) is 73.1 cm³/mol. The van der Waals surface area contributed by atoms with Gasteiger partial charge in [0.2, 0.25) is 0 Å². The average molecular weight is 239 g/mol.